The first-order chi connectivity index (χ1) is 11.2. The Hall–Kier alpha value is -2.45. The predicted octanol–water partition coefficient (Wildman–Crippen LogP) is 1.05. The fourth-order valence-corrected chi connectivity index (χ4v) is 3.09. The zero-order chi connectivity index (χ0) is 15.8. The smallest absolute Gasteiger partial charge is 0.229 e. The van der Waals surface area contributed by atoms with Gasteiger partial charge in [0.2, 0.25) is 5.91 Å². The minimum atomic E-state index is -0.118. The summed E-state index contributed by atoms with van der Waals surface area (Å²) >= 11 is 0. The van der Waals surface area contributed by atoms with E-state index >= 15 is 0 Å². The van der Waals surface area contributed by atoms with E-state index in [9.17, 15) is 4.79 Å². The molecule has 0 radical (unpaired) electrons. The molecular formula is C15H18ClN7O. The highest BCUT2D eigenvalue weighted by atomic mass is 35.5. The summed E-state index contributed by atoms with van der Waals surface area (Å²) in [6.07, 6.45) is 3.80. The van der Waals surface area contributed by atoms with Gasteiger partial charge in [-0.1, -0.05) is 0 Å². The van der Waals surface area contributed by atoms with Gasteiger partial charge in [0.1, 0.15) is 11.0 Å². The van der Waals surface area contributed by atoms with Gasteiger partial charge in [0.15, 0.2) is 0 Å². The zero-order valence-corrected chi connectivity index (χ0v) is 13.9. The zero-order valence-electron chi connectivity index (χ0n) is 13.1. The first-order valence-electron chi connectivity index (χ1n) is 7.51. The van der Waals surface area contributed by atoms with E-state index in [4.69, 9.17) is 0 Å². The van der Waals surface area contributed by atoms with Crippen LogP contribution < -0.4 is 10.6 Å². The van der Waals surface area contributed by atoms with Gasteiger partial charge in [0, 0.05) is 37.9 Å². The van der Waals surface area contributed by atoms with Crippen LogP contribution in [0.4, 0.5) is 5.69 Å². The van der Waals surface area contributed by atoms with E-state index in [0.29, 0.717) is 6.54 Å². The van der Waals surface area contributed by atoms with E-state index in [1.165, 1.54) is 0 Å². The molecule has 9 heteroatoms. The molecule has 4 rings (SSSR count). The van der Waals surface area contributed by atoms with Crippen LogP contribution in [0.15, 0.2) is 30.6 Å². The maximum atomic E-state index is 12.7. The second kappa shape index (κ2) is 6.58. The van der Waals surface area contributed by atoms with Crippen molar-refractivity contribution in [3.8, 4) is 0 Å². The maximum absolute atomic E-state index is 12.7. The summed E-state index contributed by atoms with van der Waals surface area (Å²) in [5, 5.41) is 21.1. The molecule has 1 aliphatic rings. The van der Waals surface area contributed by atoms with E-state index in [-0.39, 0.29) is 30.2 Å². The van der Waals surface area contributed by atoms with Crippen molar-refractivity contribution in [2.24, 2.45) is 13.0 Å². The molecule has 3 aromatic rings. The molecule has 1 amide bonds. The third-order valence-electron chi connectivity index (χ3n) is 4.29. The van der Waals surface area contributed by atoms with Crippen LogP contribution in [-0.4, -0.2) is 44.2 Å². The van der Waals surface area contributed by atoms with Gasteiger partial charge in [-0.05, 0) is 23.8 Å². The molecule has 0 aliphatic carbocycles. The second-order valence-corrected chi connectivity index (χ2v) is 5.83. The van der Waals surface area contributed by atoms with Gasteiger partial charge in [-0.25, -0.2) is 0 Å². The van der Waals surface area contributed by atoms with Crippen molar-refractivity contribution in [1.29, 1.82) is 0 Å². The van der Waals surface area contributed by atoms with Gasteiger partial charge in [-0.2, -0.15) is 20.5 Å². The molecule has 3 heterocycles. The van der Waals surface area contributed by atoms with Crippen molar-refractivity contribution in [2.75, 3.05) is 18.4 Å². The molecule has 2 aromatic heterocycles. The molecule has 2 atom stereocenters. The highest BCUT2D eigenvalue weighted by molar-refractivity contribution is 5.95. The fraction of sp³-hybridized carbons (Fsp3) is 0.333. The van der Waals surface area contributed by atoms with Gasteiger partial charge < -0.3 is 10.6 Å². The van der Waals surface area contributed by atoms with Crippen molar-refractivity contribution in [2.45, 2.75) is 5.92 Å². The summed E-state index contributed by atoms with van der Waals surface area (Å²) < 4.78 is 1.77. The Kier molecular flexibility index (Phi) is 4.50. The average molecular weight is 348 g/mol. The molecule has 0 unspecified atom stereocenters. The molecule has 126 valence electrons. The number of nitrogens with one attached hydrogen (secondary N) is 3. The summed E-state index contributed by atoms with van der Waals surface area (Å²) in [5.74, 6) is 0.0263. The molecule has 0 bridgehead atoms. The van der Waals surface area contributed by atoms with Crippen LogP contribution in [0.3, 0.4) is 0 Å². The van der Waals surface area contributed by atoms with Crippen molar-refractivity contribution in [3.63, 3.8) is 0 Å². The highest BCUT2D eigenvalue weighted by Gasteiger charge is 2.34. The number of anilines is 1. The van der Waals surface area contributed by atoms with E-state index < -0.39 is 0 Å². The standard InChI is InChI=1S/C15H17N7O.ClH/c1-22-8-9(5-17-22)11-6-16-7-12(11)15(23)18-10-2-3-13-14(4-10)20-21-19-13;/h2-5,8,11-12,16H,6-7H2,1H3,(H,18,23)(H,19,20,21);1H/t11-,12+;/m1./s1. The Balaban J connectivity index is 0.00000169. The van der Waals surface area contributed by atoms with E-state index in [2.05, 4.69) is 31.1 Å². The number of halogens is 1. The summed E-state index contributed by atoms with van der Waals surface area (Å²) in [4.78, 5) is 12.7. The number of fused-ring (bicyclic) bond motifs is 1. The van der Waals surface area contributed by atoms with Gasteiger partial charge >= 0.3 is 0 Å². The van der Waals surface area contributed by atoms with Crippen LogP contribution in [0.25, 0.3) is 11.0 Å². The van der Waals surface area contributed by atoms with E-state index in [0.717, 1.165) is 28.8 Å². The molecule has 1 fully saturated rings. The Morgan fingerprint density at radius 3 is 2.92 bits per heavy atom. The van der Waals surface area contributed by atoms with Crippen LogP contribution in [0, 0.1) is 5.92 Å². The molecule has 0 saturated carbocycles. The van der Waals surface area contributed by atoms with Crippen molar-refractivity contribution < 1.29 is 4.79 Å². The maximum Gasteiger partial charge on any atom is 0.229 e. The Bertz CT molecular complexity index is 858. The quantitative estimate of drug-likeness (QED) is 0.657. The normalized spacial score (nSPS) is 20.0. The van der Waals surface area contributed by atoms with Gasteiger partial charge in [-0.15, -0.1) is 12.4 Å². The molecule has 1 saturated heterocycles. The summed E-state index contributed by atoms with van der Waals surface area (Å²) in [6, 6.07) is 5.49. The predicted molar refractivity (Wildman–Crippen MR) is 92.1 cm³/mol. The fourth-order valence-electron chi connectivity index (χ4n) is 3.09. The number of nitrogens with zero attached hydrogens (tertiary/aromatic N) is 4. The Morgan fingerprint density at radius 2 is 2.12 bits per heavy atom. The lowest BCUT2D eigenvalue weighted by atomic mass is 9.90. The number of H-pyrrole nitrogens is 1. The van der Waals surface area contributed by atoms with Gasteiger partial charge in [-0.3, -0.25) is 9.48 Å². The minimum Gasteiger partial charge on any atom is -0.326 e. The van der Waals surface area contributed by atoms with Crippen LogP contribution >= 0.6 is 12.4 Å². The molecular weight excluding hydrogens is 330 g/mol. The van der Waals surface area contributed by atoms with Crippen LogP contribution in [0.5, 0.6) is 0 Å². The largest absolute Gasteiger partial charge is 0.326 e. The number of amides is 1. The Morgan fingerprint density at radius 1 is 1.29 bits per heavy atom. The van der Waals surface area contributed by atoms with E-state index in [1.807, 2.05) is 37.6 Å². The first kappa shape index (κ1) is 16.4. The number of aryl methyl sites for hydroxylation is 1. The lowest BCUT2D eigenvalue weighted by Gasteiger charge is -2.17. The van der Waals surface area contributed by atoms with E-state index in [1.54, 1.807) is 4.68 Å². The van der Waals surface area contributed by atoms with Crippen molar-refractivity contribution >= 4 is 35.0 Å². The number of benzene rings is 1. The number of hydrogen-bond donors (Lipinski definition) is 3. The third kappa shape index (κ3) is 2.98. The highest BCUT2D eigenvalue weighted by Crippen LogP contribution is 2.29. The van der Waals surface area contributed by atoms with Crippen molar-refractivity contribution in [3.05, 3.63) is 36.2 Å². The monoisotopic (exact) mass is 347 g/mol. The lowest BCUT2D eigenvalue weighted by Crippen LogP contribution is -2.28. The SMILES string of the molecule is Cl.Cn1cc([C@H]2CNC[C@@H]2C(=O)Nc2ccc3n[nH]nc3c2)cn1. The first-order valence-corrected chi connectivity index (χ1v) is 7.51. The number of aromatic nitrogens is 5. The average Bonchev–Trinajstić information content (AvgIpc) is 3.26. The molecule has 1 aliphatic heterocycles. The van der Waals surface area contributed by atoms with Crippen LogP contribution in [0.2, 0.25) is 0 Å². The number of carbonyl (C=O) groups is 1. The summed E-state index contributed by atoms with van der Waals surface area (Å²) in [6.45, 7) is 1.45. The number of carbonyl (C=O) groups excluding carboxylic acids is 1. The van der Waals surface area contributed by atoms with Crippen LogP contribution in [0.1, 0.15) is 11.5 Å². The minimum absolute atomic E-state index is 0. The Labute approximate surface area is 144 Å². The third-order valence-corrected chi connectivity index (χ3v) is 4.29. The summed E-state index contributed by atoms with van der Waals surface area (Å²) in [7, 11) is 1.88. The summed E-state index contributed by atoms with van der Waals surface area (Å²) in [5.41, 5.74) is 3.33. The second-order valence-electron chi connectivity index (χ2n) is 5.83. The lowest BCUT2D eigenvalue weighted by molar-refractivity contribution is -0.119. The van der Waals surface area contributed by atoms with Crippen molar-refractivity contribution in [1.82, 2.24) is 30.5 Å². The molecule has 1 aromatic carbocycles. The van der Waals surface area contributed by atoms with Gasteiger partial charge in [0.25, 0.3) is 0 Å². The van der Waals surface area contributed by atoms with Gasteiger partial charge in [0.05, 0.1) is 12.1 Å². The molecule has 8 nitrogen and oxygen atoms in total. The van der Waals surface area contributed by atoms with Crippen LogP contribution in [-0.2, 0) is 11.8 Å². The molecule has 24 heavy (non-hydrogen) atoms. The number of hydrogen-bond acceptors (Lipinski definition) is 5. The molecule has 0 spiro atoms. The number of aromatic amines is 1. The number of rotatable bonds is 3. The topological polar surface area (TPSA) is 101 Å². The molecule has 3 N–H and O–H groups in total.